The van der Waals surface area contributed by atoms with E-state index in [1.807, 2.05) is 6.92 Å². The van der Waals surface area contributed by atoms with Crippen molar-refractivity contribution >= 4 is 17.3 Å². The summed E-state index contributed by atoms with van der Waals surface area (Å²) in [4.78, 5) is 13.4. The van der Waals surface area contributed by atoms with Gasteiger partial charge in [-0.3, -0.25) is 4.79 Å². The van der Waals surface area contributed by atoms with Crippen LogP contribution in [0.4, 0.5) is 15.8 Å². The normalized spacial score (nSPS) is 19.8. The van der Waals surface area contributed by atoms with E-state index in [2.05, 4.69) is 5.32 Å². The molecule has 1 unspecified atom stereocenters. The smallest absolute Gasteiger partial charge is 0.249 e. The Bertz CT molecular complexity index is 406. The summed E-state index contributed by atoms with van der Waals surface area (Å²) >= 11 is 0. The molecule has 1 aliphatic rings. The Morgan fingerprint density at radius 1 is 1.53 bits per heavy atom. The van der Waals surface area contributed by atoms with Crippen LogP contribution in [0.3, 0.4) is 0 Å². The van der Waals surface area contributed by atoms with E-state index in [-0.39, 0.29) is 17.8 Å². The van der Waals surface area contributed by atoms with Crippen molar-refractivity contribution in [1.82, 2.24) is 0 Å². The van der Waals surface area contributed by atoms with Crippen LogP contribution in [-0.4, -0.2) is 18.5 Å². The fraction of sp³-hybridized carbons (Fsp3) is 0.364. The van der Waals surface area contributed by atoms with Crippen LogP contribution in [0.15, 0.2) is 18.2 Å². The van der Waals surface area contributed by atoms with Gasteiger partial charge < -0.3 is 10.2 Å². The Kier molecular flexibility index (Phi) is 2.34. The number of carbonyl (C=O) groups is 1. The first-order valence-electron chi connectivity index (χ1n) is 5.01. The number of hydrogen-bond acceptors (Lipinski definition) is 2. The van der Waals surface area contributed by atoms with Gasteiger partial charge in [-0.05, 0) is 32.0 Å². The molecule has 0 spiro atoms. The highest BCUT2D eigenvalue weighted by Crippen LogP contribution is 2.31. The van der Waals surface area contributed by atoms with Gasteiger partial charge in [0.25, 0.3) is 0 Å². The Morgan fingerprint density at radius 3 is 2.93 bits per heavy atom. The van der Waals surface area contributed by atoms with Gasteiger partial charge in [0.15, 0.2) is 0 Å². The minimum atomic E-state index is -0.323. The van der Waals surface area contributed by atoms with Crippen molar-refractivity contribution in [2.75, 3.05) is 16.8 Å². The molecule has 15 heavy (non-hydrogen) atoms. The molecule has 0 bridgehead atoms. The van der Waals surface area contributed by atoms with Gasteiger partial charge in [0, 0.05) is 6.54 Å². The van der Waals surface area contributed by atoms with Crippen molar-refractivity contribution in [3.63, 3.8) is 0 Å². The van der Waals surface area contributed by atoms with Crippen LogP contribution >= 0.6 is 0 Å². The zero-order valence-electron chi connectivity index (χ0n) is 8.75. The molecular formula is C11H13FN2O. The number of likely N-dealkylation sites (N-methyl/N-ethyl adjacent to an activating group) is 1. The minimum absolute atomic E-state index is 0.0180. The predicted octanol–water partition coefficient (Wildman–Crippen LogP) is 1.99. The first-order valence-corrected chi connectivity index (χ1v) is 5.01. The van der Waals surface area contributed by atoms with E-state index in [1.165, 1.54) is 12.1 Å². The monoisotopic (exact) mass is 208 g/mol. The molecule has 1 heterocycles. The fourth-order valence-electron chi connectivity index (χ4n) is 1.82. The van der Waals surface area contributed by atoms with Crippen LogP contribution in [0.1, 0.15) is 13.8 Å². The lowest BCUT2D eigenvalue weighted by atomic mass is 10.1. The summed E-state index contributed by atoms with van der Waals surface area (Å²) in [5.41, 5.74) is 1.44. The van der Waals surface area contributed by atoms with Gasteiger partial charge in [0.05, 0.1) is 11.4 Å². The van der Waals surface area contributed by atoms with Gasteiger partial charge in [-0.2, -0.15) is 0 Å². The Labute approximate surface area is 87.9 Å². The Balaban J connectivity index is 2.51. The highest BCUT2D eigenvalue weighted by Gasteiger charge is 2.28. The summed E-state index contributed by atoms with van der Waals surface area (Å²) in [6, 6.07) is 4.19. The van der Waals surface area contributed by atoms with E-state index in [9.17, 15) is 9.18 Å². The summed E-state index contributed by atoms with van der Waals surface area (Å²) in [6.45, 7) is 4.24. The average molecular weight is 208 g/mol. The molecule has 80 valence electrons. The van der Waals surface area contributed by atoms with Crippen molar-refractivity contribution in [1.29, 1.82) is 0 Å². The minimum Gasteiger partial charge on any atom is -0.372 e. The molecule has 0 aromatic heterocycles. The second-order valence-electron chi connectivity index (χ2n) is 3.61. The number of anilines is 2. The van der Waals surface area contributed by atoms with E-state index < -0.39 is 0 Å². The largest absolute Gasteiger partial charge is 0.372 e. The Hall–Kier alpha value is -1.58. The molecule has 3 nitrogen and oxygen atoms in total. The molecule has 1 atom stereocenters. The molecule has 0 fully saturated rings. The third-order valence-electron chi connectivity index (χ3n) is 2.58. The van der Waals surface area contributed by atoms with Crippen LogP contribution in [0.2, 0.25) is 0 Å². The number of amides is 1. The number of nitrogens with one attached hydrogen (secondary N) is 1. The molecule has 1 amide bonds. The van der Waals surface area contributed by atoms with Gasteiger partial charge >= 0.3 is 0 Å². The zero-order valence-corrected chi connectivity index (χ0v) is 8.75. The van der Waals surface area contributed by atoms with Crippen LogP contribution in [0.5, 0.6) is 0 Å². The number of fused-ring (bicyclic) bond motifs is 1. The molecule has 0 saturated carbocycles. The standard InChI is InChI=1S/C11H13FN2O/c1-3-14-10-6-8(12)4-5-9(10)13-7(2)11(14)15/h4-7,13H,3H2,1-2H3. The number of halogens is 1. The van der Waals surface area contributed by atoms with E-state index in [0.29, 0.717) is 12.2 Å². The van der Waals surface area contributed by atoms with Crippen molar-refractivity contribution in [2.45, 2.75) is 19.9 Å². The van der Waals surface area contributed by atoms with E-state index in [4.69, 9.17) is 0 Å². The number of nitrogens with zero attached hydrogens (tertiary/aromatic N) is 1. The maximum absolute atomic E-state index is 13.1. The van der Waals surface area contributed by atoms with Crippen LogP contribution < -0.4 is 10.2 Å². The highest BCUT2D eigenvalue weighted by molar-refractivity contribution is 6.04. The third-order valence-corrected chi connectivity index (χ3v) is 2.58. The first kappa shape index (κ1) is 9.96. The number of rotatable bonds is 1. The second kappa shape index (κ2) is 3.53. The molecule has 0 aliphatic carbocycles. The summed E-state index contributed by atoms with van der Waals surface area (Å²) in [5.74, 6) is -0.341. The van der Waals surface area contributed by atoms with Crippen LogP contribution in [0, 0.1) is 5.82 Å². The van der Waals surface area contributed by atoms with Gasteiger partial charge in [0.1, 0.15) is 11.9 Å². The molecule has 0 saturated heterocycles. The quantitative estimate of drug-likeness (QED) is 0.765. The number of carbonyl (C=O) groups excluding carboxylic acids is 1. The maximum Gasteiger partial charge on any atom is 0.249 e. The average Bonchev–Trinajstić information content (AvgIpc) is 2.21. The van der Waals surface area contributed by atoms with Gasteiger partial charge in [0.2, 0.25) is 5.91 Å². The van der Waals surface area contributed by atoms with Crippen molar-refractivity contribution < 1.29 is 9.18 Å². The lowest BCUT2D eigenvalue weighted by Gasteiger charge is -2.33. The topological polar surface area (TPSA) is 32.3 Å². The van der Waals surface area contributed by atoms with Gasteiger partial charge in [-0.15, -0.1) is 0 Å². The van der Waals surface area contributed by atoms with Gasteiger partial charge in [-0.25, -0.2) is 4.39 Å². The second-order valence-corrected chi connectivity index (χ2v) is 3.61. The third kappa shape index (κ3) is 1.56. The SMILES string of the molecule is CCN1C(=O)C(C)Nc2ccc(F)cc21. The van der Waals surface area contributed by atoms with E-state index >= 15 is 0 Å². The lowest BCUT2D eigenvalue weighted by Crippen LogP contribution is -2.45. The van der Waals surface area contributed by atoms with E-state index in [0.717, 1.165) is 5.69 Å². The molecule has 1 N–H and O–H groups in total. The molecule has 0 radical (unpaired) electrons. The molecule has 4 heteroatoms. The molecule has 1 aliphatic heterocycles. The maximum atomic E-state index is 13.1. The van der Waals surface area contributed by atoms with Crippen LogP contribution in [-0.2, 0) is 4.79 Å². The van der Waals surface area contributed by atoms with Crippen molar-refractivity contribution in [2.24, 2.45) is 0 Å². The molecule has 2 rings (SSSR count). The van der Waals surface area contributed by atoms with Crippen LogP contribution in [0.25, 0.3) is 0 Å². The molecular weight excluding hydrogens is 195 g/mol. The van der Waals surface area contributed by atoms with E-state index in [1.54, 1.807) is 17.9 Å². The van der Waals surface area contributed by atoms with Crippen molar-refractivity contribution in [3.8, 4) is 0 Å². The first-order chi connectivity index (χ1) is 7.13. The lowest BCUT2D eigenvalue weighted by molar-refractivity contribution is -0.119. The number of hydrogen-bond donors (Lipinski definition) is 1. The van der Waals surface area contributed by atoms with Crippen molar-refractivity contribution in [3.05, 3.63) is 24.0 Å². The number of benzene rings is 1. The summed E-state index contributed by atoms with van der Waals surface area (Å²) < 4.78 is 13.1. The zero-order chi connectivity index (χ0) is 11.0. The summed E-state index contributed by atoms with van der Waals surface area (Å²) in [6.07, 6.45) is 0. The fourth-order valence-corrected chi connectivity index (χ4v) is 1.82. The highest BCUT2D eigenvalue weighted by atomic mass is 19.1. The molecule has 1 aromatic rings. The van der Waals surface area contributed by atoms with Gasteiger partial charge in [-0.1, -0.05) is 0 Å². The summed E-state index contributed by atoms with van der Waals surface area (Å²) in [7, 11) is 0. The predicted molar refractivity (Wildman–Crippen MR) is 57.5 cm³/mol. The summed E-state index contributed by atoms with van der Waals surface area (Å²) in [5, 5.41) is 3.04. The molecule has 1 aromatic carbocycles. The Morgan fingerprint density at radius 2 is 2.27 bits per heavy atom.